The lowest BCUT2D eigenvalue weighted by Gasteiger charge is -2.23. The molecule has 0 unspecified atom stereocenters. The van der Waals surface area contributed by atoms with Gasteiger partial charge in [0.2, 0.25) is 5.91 Å². The van der Waals surface area contributed by atoms with Crippen LogP contribution in [0.2, 0.25) is 0 Å². The highest BCUT2D eigenvalue weighted by atomic mass is 32.2. The van der Waals surface area contributed by atoms with Crippen LogP contribution in [-0.2, 0) is 4.79 Å². The van der Waals surface area contributed by atoms with Gasteiger partial charge in [0.05, 0.1) is 16.7 Å². The summed E-state index contributed by atoms with van der Waals surface area (Å²) in [6.07, 6.45) is 1.30. The Morgan fingerprint density at radius 1 is 1.64 bits per heavy atom. The molecule has 0 aromatic rings. The highest BCUT2D eigenvalue weighted by molar-refractivity contribution is 8.03. The molecule has 3 nitrogen and oxygen atoms in total. The summed E-state index contributed by atoms with van der Waals surface area (Å²) in [4.78, 5) is 11.3. The second-order valence-corrected chi connectivity index (χ2v) is 4.42. The third kappa shape index (κ3) is 2.30. The van der Waals surface area contributed by atoms with Gasteiger partial charge in [-0.2, -0.15) is 5.26 Å². The first-order valence-corrected chi connectivity index (χ1v) is 5.78. The number of nitrogens with zero attached hydrogens (tertiary/aromatic N) is 1. The molecule has 4 heteroatoms. The molecular formula is C10H14N2OS. The van der Waals surface area contributed by atoms with Crippen molar-refractivity contribution in [3.63, 3.8) is 0 Å². The van der Waals surface area contributed by atoms with E-state index in [1.165, 1.54) is 11.8 Å². The van der Waals surface area contributed by atoms with Gasteiger partial charge in [-0.05, 0) is 12.2 Å². The van der Waals surface area contributed by atoms with E-state index in [0.717, 1.165) is 22.8 Å². The van der Waals surface area contributed by atoms with Gasteiger partial charge in [0.1, 0.15) is 0 Å². The lowest BCUT2D eigenvalue weighted by Crippen LogP contribution is -2.31. The van der Waals surface area contributed by atoms with E-state index in [2.05, 4.69) is 11.4 Å². The van der Waals surface area contributed by atoms with Crippen LogP contribution < -0.4 is 5.32 Å². The molecule has 0 aromatic carbocycles. The van der Waals surface area contributed by atoms with Gasteiger partial charge in [0, 0.05) is 12.3 Å². The van der Waals surface area contributed by atoms with Crippen LogP contribution in [0.25, 0.3) is 0 Å². The molecule has 1 amide bonds. The van der Waals surface area contributed by atoms with Crippen molar-refractivity contribution in [2.24, 2.45) is 5.92 Å². The zero-order valence-corrected chi connectivity index (χ0v) is 9.28. The SMILES string of the molecule is CCSC1=C(C#N)[C@@H](CC)CC(=O)N1. The Hall–Kier alpha value is -0.950. The van der Waals surface area contributed by atoms with Gasteiger partial charge in [-0.25, -0.2) is 0 Å². The summed E-state index contributed by atoms with van der Waals surface area (Å²) in [6, 6.07) is 2.20. The van der Waals surface area contributed by atoms with Gasteiger partial charge in [0.25, 0.3) is 0 Å². The number of hydrogen-bond donors (Lipinski definition) is 1. The predicted molar refractivity (Wildman–Crippen MR) is 57.3 cm³/mol. The molecule has 76 valence electrons. The van der Waals surface area contributed by atoms with Gasteiger partial charge in [-0.1, -0.05) is 13.8 Å². The maximum absolute atomic E-state index is 11.3. The Morgan fingerprint density at radius 2 is 2.36 bits per heavy atom. The van der Waals surface area contributed by atoms with E-state index in [4.69, 9.17) is 5.26 Å². The molecule has 1 heterocycles. The normalized spacial score (nSPS) is 21.8. The maximum atomic E-state index is 11.3. The number of carbonyl (C=O) groups is 1. The van der Waals surface area contributed by atoms with E-state index in [9.17, 15) is 4.79 Å². The van der Waals surface area contributed by atoms with Gasteiger partial charge < -0.3 is 5.32 Å². The van der Waals surface area contributed by atoms with E-state index in [1.54, 1.807) is 0 Å². The molecule has 1 N–H and O–H groups in total. The highest BCUT2D eigenvalue weighted by Gasteiger charge is 2.26. The number of nitrogens with one attached hydrogen (secondary N) is 1. The van der Waals surface area contributed by atoms with Crippen molar-refractivity contribution in [3.8, 4) is 6.07 Å². The van der Waals surface area contributed by atoms with E-state index >= 15 is 0 Å². The second-order valence-electron chi connectivity index (χ2n) is 3.15. The van der Waals surface area contributed by atoms with Crippen LogP contribution in [0.15, 0.2) is 10.6 Å². The lowest BCUT2D eigenvalue weighted by molar-refractivity contribution is -0.121. The third-order valence-corrected chi connectivity index (χ3v) is 3.14. The minimum Gasteiger partial charge on any atom is -0.320 e. The predicted octanol–water partition coefficient (Wildman–Crippen LogP) is 2.02. The summed E-state index contributed by atoms with van der Waals surface area (Å²) >= 11 is 1.53. The van der Waals surface area contributed by atoms with Crippen LogP contribution in [0.3, 0.4) is 0 Å². The van der Waals surface area contributed by atoms with Crippen LogP contribution in [-0.4, -0.2) is 11.7 Å². The third-order valence-electron chi connectivity index (χ3n) is 2.24. The molecule has 14 heavy (non-hydrogen) atoms. The number of nitriles is 1. The Kier molecular flexibility index (Phi) is 4.02. The molecule has 1 aliphatic heterocycles. The quantitative estimate of drug-likeness (QED) is 0.775. The molecular weight excluding hydrogens is 196 g/mol. The van der Waals surface area contributed by atoms with Crippen molar-refractivity contribution in [3.05, 3.63) is 10.6 Å². The number of rotatable bonds is 3. The summed E-state index contributed by atoms with van der Waals surface area (Å²) in [5, 5.41) is 12.5. The van der Waals surface area contributed by atoms with Crippen LogP contribution >= 0.6 is 11.8 Å². The van der Waals surface area contributed by atoms with Gasteiger partial charge in [0.15, 0.2) is 0 Å². The smallest absolute Gasteiger partial charge is 0.225 e. The topological polar surface area (TPSA) is 52.9 Å². The largest absolute Gasteiger partial charge is 0.320 e. The second kappa shape index (κ2) is 5.06. The van der Waals surface area contributed by atoms with Gasteiger partial charge in [-0.15, -0.1) is 11.8 Å². The zero-order valence-electron chi connectivity index (χ0n) is 8.46. The summed E-state index contributed by atoms with van der Waals surface area (Å²) in [6.45, 7) is 4.02. The first-order chi connectivity index (χ1) is 6.72. The monoisotopic (exact) mass is 210 g/mol. The average Bonchev–Trinajstić information content (AvgIpc) is 2.17. The lowest BCUT2D eigenvalue weighted by atomic mass is 9.92. The molecule has 1 aliphatic rings. The standard InChI is InChI=1S/C10H14N2OS/c1-3-7-5-9(13)12-10(14-4-2)8(7)6-11/h7H,3-5H2,1-2H3,(H,12,13)/t7-/m0/s1. The van der Waals surface area contributed by atoms with Crippen molar-refractivity contribution in [1.82, 2.24) is 5.32 Å². The molecule has 0 spiro atoms. The molecule has 0 radical (unpaired) electrons. The summed E-state index contributed by atoms with van der Waals surface area (Å²) in [5.41, 5.74) is 0.749. The first kappa shape index (κ1) is 11.1. The van der Waals surface area contributed by atoms with Crippen LogP contribution in [0.4, 0.5) is 0 Å². The molecule has 1 atom stereocenters. The van der Waals surface area contributed by atoms with E-state index in [-0.39, 0.29) is 11.8 Å². The van der Waals surface area contributed by atoms with Crippen LogP contribution in [0.1, 0.15) is 26.7 Å². The number of amides is 1. The number of thioether (sulfide) groups is 1. The Bertz CT molecular complexity index is 304. The van der Waals surface area contributed by atoms with Crippen molar-refractivity contribution in [1.29, 1.82) is 5.26 Å². The fourth-order valence-corrected chi connectivity index (χ4v) is 2.35. The molecule has 0 saturated heterocycles. The minimum atomic E-state index is 0.0341. The first-order valence-electron chi connectivity index (χ1n) is 4.79. The minimum absolute atomic E-state index is 0.0341. The molecule has 0 aromatic heterocycles. The summed E-state index contributed by atoms with van der Waals surface area (Å²) < 4.78 is 0. The van der Waals surface area contributed by atoms with E-state index in [0.29, 0.717) is 6.42 Å². The Balaban J connectivity index is 2.96. The Morgan fingerprint density at radius 3 is 2.86 bits per heavy atom. The number of hydrogen-bond acceptors (Lipinski definition) is 3. The zero-order chi connectivity index (χ0) is 10.6. The van der Waals surface area contributed by atoms with Crippen molar-refractivity contribution < 1.29 is 4.79 Å². The number of carbonyl (C=O) groups excluding carboxylic acids is 1. The van der Waals surface area contributed by atoms with E-state index in [1.807, 2.05) is 13.8 Å². The summed E-state index contributed by atoms with van der Waals surface area (Å²) in [5.74, 6) is 1.02. The molecule has 0 fully saturated rings. The molecule has 0 bridgehead atoms. The average molecular weight is 210 g/mol. The molecule has 1 rings (SSSR count). The van der Waals surface area contributed by atoms with E-state index < -0.39 is 0 Å². The molecule has 0 saturated carbocycles. The highest BCUT2D eigenvalue weighted by Crippen LogP contribution is 2.30. The van der Waals surface area contributed by atoms with Crippen molar-refractivity contribution >= 4 is 17.7 Å². The van der Waals surface area contributed by atoms with Gasteiger partial charge in [-0.3, -0.25) is 4.79 Å². The van der Waals surface area contributed by atoms with Crippen LogP contribution in [0.5, 0.6) is 0 Å². The number of allylic oxidation sites excluding steroid dienone is 1. The van der Waals surface area contributed by atoms with Crippen LogP contribution in [0, 0.1) is 17.2 Å². The van der Waals surface area contributed by atoms with Gasteiger partial charge >= 0.3 is 0 Å². The fraction of sp³-hybridized carbons (Fsp3) is 0.600. The maximum Gasteiger partial charge on any atom is 0.225 e. The Labute approximate surface area is 88.6 Å². The summed E-state index contributed by atoms with van der Waals surface area (Å²) in [7, 11) is 0. The fourth-order valence-electron chi connectivity index (χ4n) is 1.50. The van der Waals surface area contributed by atoms with Crippen molar-refractivity contribution in [2.45, 2.75) is 26.7 Å². The molecule has 0 aliphatic carbocycles. The van der Waals surface area contributed by atoms with Crippen molar-refractivity contribution in [2.75, 3.05) is 5.75 Å².